The number of hydrogen-bond donors (Lipinski definition) is 0. The zero-order valence-corrected chi connectivity index (χ0v) is 14.5. The molecule has 2 heteroatoms. The Morgan fingerprint density at radius 3 is 2.42 bits per heavy atom. The van der Waals surface area contributed by atoms with Crippen molar-refractivity contribution >= 4 is 8.32 Å². The molecule has 0 amide bonds. The van der Waals surface area contributed by atoms with E-state index in [1.54, 1.807) is 0 Å². The van der Waals surface area contributed by atoms with E-state index in [1.165, 1.54) is 12.8 Å². The second kappa shape index (κ2) is 6.77. The van der Waals surface area contributed by atoms with Crippen molar-refractivity contribution in [3.05, 3.63) is 12.2 Å². The van der Waals surface area contributed by atoms with Crippen LogP contribution < -0.4 is 0 Å². The second-order valence-corrected chi connectivity index (χ2v) is 11.9. The van der Waals surface area contributed by atoms with Crippen LogP contribution in [0.1, 0.15) is 53.4 Å². The van der Waals surface area contributed by atoms with Crippen LogP contribution in [-0.2, 0) is 4.43 Å². The maximum absolute atomic E-state index is 6.51. The van der Waals surface area contributed by atoms with Crippen LogP contribution in [0.3, 0.4) is 0 Å². The van der Waals surface area contributed by atoms with E-state index in [1.807, 2.05) is 6.92 Å². The molecule has 0 aromatic rings. The average Bonchev–Trinajstić information content (AvgIpc) is 3.07. The molecule has 0 spiro atoms. The molecule has 1 aliphatic rings. The molecular formula is C17H30OSi. The highest BCUT2D eigenvalue weighted by atomic mass is 28.4. The Balaban J connectivity index is 2.62. The summed E-state index contributed by atoms with van der Waals surface area (Å²) < 4.78 is 6.51. The van der Waals surface area contributed by atoms with Crippen molar-refractivity contribution in [2.45, 2.75) is 77.6 Å². The highest BCUT2D eigenvalue weighted by molar-refractivity contribution is 6.74. The molecule has 1 unspecified atom stereocenters. The first-order chi connectivity index (χ1) is 8.76. The van der Waals surface area contributed by atoms with Crippen molar-refractivity contribution in [2.75, 3.05) is 0 Å². The van der Waals surface area contributed by atoms with Crippen LogP contribution in [0.15, 0.2) is 12.2 Å². The summed E-state index contributed by atoms with van der Waals surface area (Å²) in [7, 11) is -1.68. The Kier molecular flexibility index (Phi) is 5.89. The topological polar surface area (TPSA) is 9.23 Å². The van der Waals surface area contributed by atoms with Crippen molar-refractivity contribution in [2.24, 2.45) is 5.92 Å². The summed E-state index contributed by atoms with van der Waals surface area (Å²) in [5, 5.41) is 0.273. The quantitative estimate of drug-likeness (QED) is 0.371. The molecule has 0 aromatic heterocycles. The van der Waals surface area contributed by atoms with Crippen LogP contribution in [0, 0.1) is 17.8 Å². The summed E-state index contributed by atoms with van der Waals surface area (Å²) in [4.78, 5) is 0. The summed E-state index contributed by atoms with van der Waals surface area (Å²) in [5.74, 6) is 6.96. The molecule has 0 heterocycles. The van der Waals surface area contributed by atoms with E-state index in [9.17, 15) is 0 Å². The van der Waals surface area contributed by atoms with E-state index in [4.69, 9.17) is 4.43 Å². The molecule has 1 atom stereocenters. The number of hydrogen-bond acceptors (Lipinski definition) is 1. The zero-order chi connectivity index (χ0) is 14.5. The minimum Gasteiger partial charge on any atom is -0.411 e. The molecule has 0 aromatic carbocycles. The predicted molar refractivity (Wildman–Crippen MR) is 86.6 cm³/mol. The summed E-state index contributed by atoms with van der Waals surface area (Å²) in [5.41, 5.74) is 0. The maximum atomic E-state index is 6.51. The van der Waals surface area contributed by atoms with Gasteiger partial charge in [-0.15, -0.1) is 11.8 Å². The SMILES string of the molecule is CC#CCCC(/C=C/C1CC1)O[Si](C)(C)C(C)(C)C. The highest BCUT2D eigenvalue weighted by Gasteiger charge is 2.38. The van der Waals surface area contributed by atoms with Crippen molar-refractivity contribution in [1.29, 1.82) is 0 Å². The fourth-order valence-electron chi connectivity index (χ4n) is 1.66. The second-order valence-electron chi connectivity index (χ2n) is 7.10. The Labute approximate surface area is 120 Å². The van der Waals surface area contributed by atoms with E-state index in [-0.39, 0.29) is 11.1 Å². The fourth-order valence-corrected chi connectivity index (χ4v) is 2.97. The van der Waals surface area contributed by atoms with Crippen molar-refractivity contribution < 1.29 is 4.43 Å². The van der Waals surface area contributed by atoms with E-state index < -0.39 is 8.32 Å². The number of rotatable bonds is 6. The van der Waals surface area contributed by atoms with Gasteiger partial charge >= 0.3 is 0 Å². The van der Waals surface area contributed by atoms with Gasteiger partial charge in [-0.25, -0.2) is 0 Å². The Morgan fingerprint density at radius 1 is 1.32 bits per heavy atom. The van der Waals surface area contributed by atoms with Crippen molar-refractivity contribution in [1.82, 2.24) is 0 Å². The molecular weight excluding hydrogens is 248 g/mol. The first-order valence-electron chi connectivity index (χ1n) is 7.52. The molecule has 1 fully saturated rings. The summed E-state index contributed by atoms with van der Waals surface area (Å²) in [6.45, 7) is 13.5. The Bertz CT molecular complexity index is 361. The van der Waals surface area contributed by atoms with Gasteiger partial charge in [0.25, 0.3) is 0 Å². The van der Waals surface area contributed by atoms with Crippen LogP contribution in [0.4, 0.5) is 0 Å². The van der Waals surface area contributed by atoms with Crippen LogP contribution >= 0.6 is 0 Å². The third-order valence-electron chi connectivity index (χ3n) is 4.20. The summed E-state index contributed by atoms with van der Waals surface area (Å²) in [6, 6.07) is 0. The standard InChI is InChI=1S/C17H30OSi/c1-7-8-9-10-16(14-13-15-11-12-15)18-19(5,6)17(2,3)4/h13-16H,9-12H2,1-6H3/b14-13+. The normalized spacial score (nSPS) is 18.2. The number of allylic oxidation sites excluding steroid dienone is 1. The van der Waals surface area contributed by atoms with Crippen LogP contribution in [0.25, 0.3) is 0 Å². The molecule has 0 radical (unpaired) electrons. The van der Waals surface area contributed by atoms with Crippen LogP contribution in [0.5, 0.6) is 0 Å². The lowest BCUT2D eigenvalue weighted by atomic mass is 10.2. The largest absolute Gasteiger partial charge is 0.411 e. The van der Waals surface area contributed by atoms with E-state index in [0.29, 0.717) is 0 Å². The molecule has 108 valence electrons. The minimum absolute atomic E-state index is 0.252. The van der Waals surface area contributed by atoms with Gasteiger partial charge in [0.1, 0.15) is 0 Å². The molecule has 0 bridgehead atoms. The van der Waals surface area contributed by atoms with E-state index in [0.717, 1.165) is 18.8 Å². The van der Waals surface area contributed by atoms with Gasteiger partial charge in [-0.3, -0.25) is 0 Å². The van der Waals surface area contributed by atoms with Crippen molar-refractivity contribution in [3.8, 4) is 11.8 Å². The average molecular weight is 279 g/mol. The summed E-state index contributed by atoms with van der Waals surface area (Å²) >= 11 is 0. The monoisotopic (exact) mass is 278 g/mol. The smallest absolute Gasteiger partial charge is 0.192 e. The molecule has 0 aliphatic heterocycles. The lowest BCUT2D eigenvalue weighted by Gasteiger charge is -2.38. The third-order valence-corrected chi connectivity index (χ3v) is 8.71. The fraction of sp³-hybridized carbons (Fsp3) is 0.765. The maximum Gasteiger partial charge on any atom is 0.192 e. The zero-order valence-electron chi connectivity index (χ0n) is 13.5. The molecule has 0 saturated heterocycles. The Hall–Kier alpha value is -0.523. The lowest BCUT2D eigenvalue weighted by Crippen LogP contribution is -2.43. The molecule has 1 saturated carbocycles. The summed E-state index contributed by atoms with van der Waals surface area (Å²) in [6.07, 6.45) is 9.59. The highest BCUT2D eigenvalue weighted by Crippen LogP contribution is 2.38. The van der Waals surface area contributed by atoms with Crippen LogP contribution in [-0.4, -0.2) is 14.4 Å². The van der Waals surface area contributed by atoms with Gasteiger partial charge in [-0.2, -0.15) is 0 Å². The Morgan fingerprint density at radius 2 is 1.95 bits per heavy atom. The predicted octanol–water partition coefficient (Wildman–Crippen LogP) is 5.15. The lowest BCUT2D eigenvalue weighted by molar-refractivity contribution is 0.216. The van der Waals surface area contributed by atoms with Gasteiger partial charge in [-0.05, 0) is 50.2 Å². The van der Waals surface area contributed by atoms with Crippen LogP contribution in [0.2, 0.25) is 18.1 Å². The molecule has 1 rings (SSSR count). The van der Waals surface area contributed by atoms with Gasteiger partial charge in [0.05, 0.1) is 6.10 Å². The van der Waals surface area contributed by atoms with Crippen molar-refractivity contribution in [3.63, 3.8) is 0 Å². The van der Waals surface area contributed by atoms with Gasteiger partial charge < -0.3 is 4.43 Å². The first-order valence-corrected chi connectivity index (χ1v) is 10.4. The molecule has 0 N–H and O–H groups in total. The molecule has 19 heavy (non-hydrogen) atoms. The van der Waals surface area contributed by atoms with E-state index >= 15 is 0 Å². The van der Waals surface area contributed by atoms with Gasteiger partial charge in [0, 0.05) is 6.42 Å². The molecule has 1 aliphatic carbocycles. The van der Waals surface area contributed by atoms with Gasteiger partial charge in [0.2, 0.25) is 0 Å². The third kappa shape index (κ3) is 5.97. The van der Waals surface area contributed by atoms with Gasteiger partial charge in [0.15, 0.2) is 8.32 Å². The first kappa shape index (κ1) is 16.5. The van der Waals surface area contributed by atoms with Gasteiger partial charge in [-0.1, -0.05) is 32.9 Å². The van der Waals surface area contributed by atoms with E-state index in [2.05, 4.69) is 57.9 Å². The molecule has 1 nitrogen and oxygen atoms in total. The minimum atomic E-state index is -1.68.